The number of hydrogen-bond donors (Lipinski definition) is 1. The molecule has 8 heteroatoms. The first-order valence-corrected chi connectivity index (χ1v) is 12.4. The van der Waals surface area contributed by atoms with Gasteiger partial charge in [0.25, 0.3) is 0 Å². The molecule has 3 aliphatic rings. The Kier molecular flexibility index (Phi) is 4.52. The topological polar surface area (TPSA) is 73.5 Å². The lowest BCUT2D eigenvalue weighted by molar-refractivity contribution is 0.0970. The monoisotopic (exact) mass is 458 g/mol. The first kappa shape index (κ1) is 19.6. The number of H-pyrrole nitrogens is 1. The highest BCUT2D eigenvalue weighted by Gasteiger charge is 2.34. The lowest BCUT2D eigenvalue weighted by Gasteiger charge is -2.14. The minimum absolute atomic E-state index is 0.184. The van der Waals surface area contributed by atoms with Crippen molar-refractivity contribution < 1.29 is 4.74 Å². The third-order valence-corrected chi connectivity index (χ3v) is 7.37. The third kappa shape index (κ3) is 3.43. The SMILES string of the molecule is S=c1[nH]nc(-c2cc(C3CC3)nc3c2c(C2CC2)nn3-c2ccccc2)n1CC1CCCO1. The lowest BCUT2D eigenvalue weighted by atomic mass is 10.0. The number of rotatable bonds is 6. The molecule has 7 nitrogen and oxygen atoms in total. The Labute approximate surface area is 196 Å². The fraction of sp³-hybridized carbons (Fsp3) is 0.440. The van der Waals surface area contributed by atoms with E-state index in [1.54, 1.807) is 0 Å². The average molecular weight is 459 g/mol. The third-order valence-electron chi connectivity index (χ3n) is 7.05. The number of para-hydroxylation sites is 1. The second-order valence-corrected chi connectivity index (χ2v) is 9.96. The minimum Gasteiger partial charge on any atom is -0.376 e. The number of ether oxygens (including phenoxy) is 1. The molecule has 3 fully saturated rings. The van der Waals surface area contributed by atoms with Crippen molar-refractivity contribution in [3.63, 3.8) is 0 Å². The maximum Gasteiger partial charge on any atom is 0.195 e. The predicted molar refractivity (Wildman–Crippen MR) is 128 cm³/mol. The lowest BCUT2D eigenvalue weighted by Crippen LogP contribution is -2.16. The van der Waals surface area contributed by atoms with Gasteiger partial charge in [0.15, 0.2) is 16.2 Å². The summed E-state index contributed by atoms with van der Waals surface area (Å²) in [7, 11) is 0. The molecule has 33 heavy (non-hydrogen) atoms. The van der Waals surface area contributed by atoms with Crippen molar-refractivity contribution in [1.29, 1.82) is 0 Å². The molecule has 7 rings (SSSR count). The van der Waals surface area contributed by atoms with Gasteiger partial charge in [0.05, 0.1) is 29.4 Å². The number of pyridine rings is 1. The van der Waals surface area contributed by atoms with Crippen LogP contribution in [0.1, 0.15) is 61.7 Å². The van der Waals surface area contributed by atoms with Crippen LogP contribution >= 0.6 is 12.2 Å². The van der Waals surface area contributed by atoms with Gasteiger partial charge >= 0.3 is 0 Å². The Hall–Kier alpha value is -2.84. The van der Waals surface area contributed by atoms with Gasteiger partial charge in [-0.15, -0.1) is 0 Å². The fourth-order valence-electron chi connectivity index (χ4n) is 5.00. The first-order chi connectivity index (χ1) is 16.3. The Morgan fingerprint density at radius 1 is 1.06 bits per heavy atom. The summed E-state index contributed by atoms with van der Waals surface area (Å²) >= 11 is 5.66. The second-order valence-electron chi connectivity index (χ2n) is 9.57. The van der Waals surface area contributed by atoms with E-state index in [2.05, 4.69) is 40.0 Å². The summed E-state index contributed by atoms with van der Waals surface area (Å²) in [6, 6.07) is 12.6. The Morgan fingerprint density at radius 2 is 1.88 bits per heavy atom. The Morgan fingerprint density at radius 3 is 2.61 bits per heavy atom. The molecule has 1 aliphatic heterocycles. The van der Waals surface area contributed by atoms with Crippen LogP contribution in [0.3, 0.4) is 0 Å². The van der Waals surface area contributed by atoms with E-state index in [1.165, 1.54) is 25.7 Å². The van der Waals surface area contributed by atoms with E-state index in [0.29, 0.717) is 16.6 Å². The molecule has 1 unspecified atom stereocenters. The fourth-order valence-corrected chi connectivity index (χ4v) is 5.21. The quantitative estimate of drug-likeness (QED) is 0.398. The molecule has 2 aliphatic carbocycles. The zero-order valence-electron chi connectivity index (χ0n) is 18.4. The molecule has 1 N–H and O–H groups in total. The smallest absolute Gasteiger partial charge is 0.195 e. The number of nitrogens with zero attached hydrogens (tertiary/aromatic N) is 5. The summed E-state index contributed by atoms with van der Waals surface area (Å²) in [4.78, 5) is 5.17. The highest BCUT2D eigenvalue weighted by atomic mass is 32.1. The molecule has 2 saturated carbocycles. The van der Waals surface area contributed by atoms with Gasteiger partial charge in [-0.25, -0.2) is 9.67 Å². The summed E-state index contributed by atoms with van der Waals surface area (Å²) < 4.78 is 10.7. The number of benzene rings is 1. The van der Waals surface area contributed by atoms with E-state index in [4.69, 9.17) is 32.1 Å². The largest absolute Gasteiger partial charge is 0.376 e. The van der Waals surface area contributed by atoms with Gasteiger partial charge in [-0.05, 0) is 68.9 Å². The minimum atomic E-state index is 0.184. The van der Waals surface area contributed by atoms with Gasteiger partial charge in [-0.1, -0.05) is 18.2 Å². The van der Waals surface area contributed by atoms with Crippen LogP contribution in [0.15, 0.2) is 36.4 Å². The van der Waals surface area contributed by atoms with Gasteiger partial charge in [0.2, 0.25) is 0 Å². The van der Waals surface area contributed by atoms with Crippen molar-refractivity contribution in [3.05, 3.63) is 52.6 Å². The van der Waals surface area contributed by atoms with Crippen LogP contribution in [0.5, 0.6) is 0 Å². The highest BCUT2D eigenvalue weighted by Crippen LogP contribution is 2.47. The van der Waals surface area contributed by atoms with Crippen molar-refractivity contribution in [2.24, 2.45) is 0 Å². The number of aromatic amines is 1. The van der Waals surface area contributed by atoms with Gasteiger partial charge in [0.1, 0.15) is 0 Å². The standard InChI is InChI=1S/C25H26N6OS/c33-25-28-27-23(30(25)14-18-7-4-12-32-18)19-13-20(15-8-9-15)26-24-21(19)22(16-10-11-16)29-31(24)17-5-2-1-3-6-17/h1-3,5-6,13,15-16,18H,4,7-12,14H2,(H,28,33). The van der Waals surface area contributed by atoms with Crippen molar-refractivity contribution in [2.75, 3.05) is 6.61 Å². The van der Waals surface area contributed by atoms with Gasteiger partial charge in [-0.2, -0.15) is 10.2 Å². The summed E-state index contributed by atoms with van der Waals surface area (Å²) in [6.45, 7) is 1.55. The van der Waals surface area contributed by atoms with Crippen LogP contribution in [0, 0.1) is 4.77 Å². The van der Waals surface area contributed by atoms with Gasteiger partial charge in [0, 0.05) is 29.7 Å². The van der Waals surface area contributed by atoms with Crippen molar-refractivity contribution in [2.45, 2.75) is 63.0 Å². The molecule has 1 aromatic carbocycles. The van der Waals surface area contributed by atoms with Crippen LogP contribution in [0.4, 0.5) is 0 Å². The zero-order chi connectivity index (χ0) is 21.9. The summed E-state index contributed by atoms with van der Waals surface area (Å²) in [5, 5.41) is 14.0. The molecule has 4 aromatic rings. The molecule has 0 amide bonds. The highest BCUT2D eigenvalue weighted by molar-refractivity contribution is 7.71. The van der Waals surface area contributed by atoms with E-state index in [0.717, 1.165) is 65.5 Å². The number of fused-ring (bicyclic) bond motifs is 1. The normalized spacial score (nSPS) is 20.7. The van der Waals surface area contributed by atoms with E-state index >= 15 is 0 Å². The summed E-state index contributed by atoms with van der Waals surface area (Å²) in [5.41, 5.74) is 5.33. The molecule has 1 saturated heterocycles. The number of aromatic nitrogens is 6. The van der Waals surface area contributed by atoms with Crippen molar-refractivity contribution >= 4 is 23.3 Å². The molecule has 3 aromatic heterocycles. The zero-order valence-corrected chi connectivity index (χ0v) is 19.2. The number of hydrogen-bond acceptors (Lipinski definition) is 5. The van der Waals surface area contributed by atoms with Gasteiger partial charge < -0.3 is 4.74 Å². The molecular formula is C25H26N6OS. The van der Waals surface area contributed by atoms with Gasteiger partial charge in [-0.3, -0.25) is 9.67 Å². The molecule has 0 bridgehead atoms. The summed E-state index contributed by atoms with van der Waals surface area (Å²) in [6.07, 6.45) is 7.08. The maximum atomic E-state index is 5.93. The molecule has 168 valence electrons. The van der Waals surface area contributed by atoms with E-state index in [1.807, 2.05) is 10.7 Å². The van der Waals surface area contributed by atoms with Crippen LogP contribution in [-0.2, 0) is 11.3 Å². The van der Waals surface area contributed by atoms with E-state index in [-0.39, 0.29) is 6.10 Å². The summed E-state index contributed by atoms with van der Waals surface area (Å²) in [5.74, 6) is 1.88. The molecule has 0 radical (unpaired) electrons. The molecule has 4 heterocycles. The predicted octanol–water partition coefficient (Wildman–Crippen LogP) is 5.28. The Bertz CT molecular complexity index is 1390. The second kappa shape index (κ2) is 7.60. The average Bonchev–Trinajstić information content (AvgIpc) is 3.76. The van der Waals surface area contributed by atoms with Crippen molar-refractivity contribution in [3.8, 4) is 17.1 Å². The molecule has 1 atom stereocenters. The molecule has 0 spiro atoms. The van der Waals surface area contributed by atoms with Crippen LogP contribution in [0.25, 0.3) is 28.1 Å². The van der Waals surface area contributed by atoms with E-state index in [9.17, 15) is 0 Å². The van der Waals surface area contributed by atoms with E-state index < -0.39 is 0 Å². The maximum absolute atomic E-state index is 5.93. The number of nitrogens with one attached hydrogen (secondary N) is 1. The first-order valence-electron chi connectivity index (χ1n) is 12.0. The van der Waals surface area contributed by atoms with Crippen LogP contribution in [0.2, 0.25) is 0 Å². The van der Waals surface area contributed by atoms with Crippen LogP contribution in [-0.4, -0.2) is 42.2 Å². The Balaban J connectivity index is 1.48. The molecular weight excluding hydrogens is 432 g/mol. The van der Waals surface area contributed by atoms with Crippen LogP contribution < -0.4 is 0 Å². The van der Waals surface area contributed by atoms with Crippen molar-refractivity contribution in [1.82, 2.24) is 29.5 Å².